The SMILES string of the molecule is CNC(=O)c1cccc(NC(=O)C[NH+]2CCC[C@@H]2c2nc3ccccc3s2)c1. The van der Waals surface area contributed by atoms with Gasteiger partial charge in [0.1, 0.15) is 6.04 Å². The number of nitrogens with one attached hydrogen (secondary N) is 3. The Morgan fingerprint density at radius 3 is 2.89 bits per heavy atom. The summed E-state index contributed by atoms with van der Waals surface area (Å²) in [7, 11) is 1.59. The van der Waals surface area contributed by atoms with Crippen LogP contribution in [0.4, 0.5) is 5.69 Å². The van der Waals surface area contributed by atoms with Crippen LogP contribution in [-0.4, -0.2) is 36.9 Å². The maximum Gasteiger partial charge on any atom is 0.279 e. The average molecular weight is 396 g/mol. The Bertz CT molecular complexity index is 983. The monoisotopic (exact) mass is 395 g/mol. The van der Waals surface area contributed by atoms with Crippen molar-refractivity contribution < 1.29 is 14.5 Å². The highest BCUT2D eigenvalue weighted by atomic mass is 32.1. The summed E-state index contributed by atoms with van der Waals surface area (Å²) >= 11 is 1.73. The molecule has 2 amide bonds. The Labute approximate surface area is 167 Å². The van der Waals surface area contributed by atoms with E-state index < -0.39 is 0 Å². The lowest BCUT2D eigenvalue weighted by Crippen LogP contribution is -3.11. The van der Waals surface area contributed by atoms with Crippen molar-refractivity contribution >= 4 is 39.1 Å². The number of hydrogen-bond donors (Lipinski definition) is 3. The summed E-state index contributed by atoms with van der Waals surface area (Å²) in [6.45, 7) is 1.36. The van der Waals surface area contributed by atoms with Crippen molar-refractivity contribution in [3.63, 3.8) is 0 Å². The summed E-state index contributed by atoms with van der Waals surface area (Å²) in [4.78, 5) is 30.4. The highest BCUT2D eigenvalue weighted by molar-refractivity contribution is 7.18. The molecule has 2 heterocycles. The van der Waals surface area contributed by atoms with Crippen LogP contribution in [0.3, 0.4) is 0 Å². The maximum absolute atomic E-state index is 12.6. The molecule has 1 fully saturated rings. The van der Waals surface area contributed by atoms with E-state index in [1.165, 1.54) is 9.60 Å². The molecule has 0 aliphatic carbocycles. The lowest BCUT2D eigenvalue weighted by atomic mass is 10.2. The van der Waals surface area contributed by atoms with Gasteiger partial charge in [0.25, 0.3) is 11.8 Å². The molecule has 1 aliphatic rings. The third-order valence-corrected chi connectivity index (χ3v) is 6.27. The van der Waals surface area contributed by atoms with Gasteiger partial charge in [0.15, 0.2) is 11.6 Å². The van der Waals surface area contributed by atoms with Gasteiger partial charge in [-0.2, -0.15) is 0 Å². The van der Waals surface area contributed by atoms with Gasteiger partial charge in [-0.15, -0.1) is 11.3 Å². The quantitative estimate of drug-likeness (QED) is 0.619. The number of para-hydroxylation sites is 1. The largest absolute Gasteiger partial charge is 0.355 e. The summed E-state index contributed by atoms with van der Waals surface area (Å²) in [5, 5.41) is 6.64. The van der Waals surface area contributed by atoms with Gasteiger partial charge in [-0.25, -0.2) is 4.98 Å². The third-order valence-electron chi connectivity index (χ3n) is 5.12. The lowest BCUT2D eigenvalue weighted by Gasteiger charge is -2.19. The van der Waals surface area contributed by atoms with Crippen molar-refractivity contribution in [2.24, 2.45) is 0 Å². The molecule has 1 aliphatic heterocycles. The van der Waals surface area contributed by atoms with Crippen LogP contribution in [0.5, 0.6) is 0 Å². The van der Waals surface area contributed by atoms with Crippen molar-refractivity contribution in [3.05, 3.63) is 59.1 Å². The summed E-state index contributed by atoms with van der Waals surface area (Å²) in [6.07, 6.45) is 2.14. The molecule has 1 saturated heterocycles. The Balaban J connectivity index is 1.44. The second-order valence-corrected chi connectivity index (χ2v) is 8.07. The van der Waals surface area contributed by atoms with E-state index in [9.17, 15) is 9.59 Å². The molecule has 28 heavy (non-hydrogen) atoms. The fourth-order valence-electron chi connectivity index (χ4n) is 3.75. The minimum Gasteiger partial charge on any atom is -0.355 e. The smallest absolute Gasteiger partial charge is 0.279 e. The number of carbonyl (C=O) groups is 2. The van der Waals surface area contributed by atoms with Crippen LogP contribution in [0.15, 0.2) is 48.5 Å². The first-order valence-electron chi connectivity index (χ1n) is 9.46. The first-order valence-corrected chi connectivity index (χ1v) is 10.3. The summed E-state index contributed by atoms with van der Waals surface area (Å²) in [6, 6.07) is 15.4. The molecule has 0 saturated carbocycles. The van der Waals surface area contributed by atoms with Gasteiger partial charge >= 0.3 is 0 Å². The zero-order chi connectivity index (χ0) is 19.5. The zero-order valence-corrected chi connectivity index (χ0v) is 16.5. The Hall–Kier alpha value is -2.77. The van der Waals surface area contributed by atoms with E-state index in [4.69, 9.17) is 4.98 Å². The number of thiazole rings is 1. The van der Waals surface area contributed by atoms with Gasteiger partial charge in [0.2, 0.25) is 0 Å². The van der Waals surface area contributed by atoms with Crippen LogP contribution >= 0.6 is 11.3 Å². The van der Waals surface area contributed by atoms with Gasteiger partial charge in [-0.05, 0) is 30.3 Å². The average Bonchev–Trinajstić information content (AvgIpc) is 3.33. The van der Waals surface area contributed by atoms with Crippen molar-refractivity contribution in [1.82, 2.24) is 10.3 Å². The van der Waals surface area contributed by atoms with E-state index in [1.807, 2.05) is 18.2 Å². The van der Waals surface area contributed by atoms with Gasteiger partial charge in [0, 0.05) is 31.1 Å². The predicted molar refractivity (Wildman–Crippen MR) is 111 cm³/mol. The summed E-state index contributed by atoms with van der Waals surface area (Å²) < 4.78 is 1.19. The fraction of sp³-hybridized carbons (Fsp3) is 0.286. The number of benzene rings is 2. The Morgan fingerprint density at radius 2 is 2.07 bits per heavy atom. The molecule has 1 aromatic heterocycles. The summed E-state index contributed by atoms with van der Waals surface area (Å²) in [5.41, 5.74) is 2.20. The molecule has 4 rings (SSSR count). The van der Waals surface area contributed by atoms with Crippen LogP contribution in [-0.2, 0) is 4.79 Å². The highest BCUT2D eigenvalue weighted by Crippen LogP contribution is 2.28. The first kappa shape index (κ1) is 18.6. The van der Waals surface area contributed by atoms with Crippen LogP contribution in [0.1, 0.15) is 34.2 Å². The van der Waals surface area contributed by atoms with Gasteiger partial charge in [0.05, 0.1) is 16.8 Å². The number of likely N-dealkylation sites (tertiary alicyclic amines) is 1. The van der Waals surface area contributed by atoms with Crippen LogP contribution in [0, 0.1) is 0 Å². The molecule has 2 aromatic carbocycles. The van der Waals surface area contributed by atoms with Gasteiger partial charge in [-0.3, -0.25) is 9.59 Å². The van der Waals surface area contributed by atoms with E-state index in [0.717, 1.165) is 29.9 Å². The predicted octanol–water partition coefficient (Wildman–Crippen LogP) is 2.01. The molecule has 7 heteroatoms. The topological polar surface area (TPSA) is 75.5 Å². The second kappa shape index (κ2) is 8.08. The molecule has 0 spiro atoms. The normalized spacial score (nSPS) is 18.9. The zero-order valence-electron chi connectivity index (χ0n) is 15.7. The Morgan fingerprint density at radius 1 is 1.21 bits per heavy atom. The number of hydrogen-bond acceptors (Lipinski definition) is 4. The minimum atomic E-state index is -0.169. The van der Waals surface area contributed by atoms with E-state index in [1.54, 1.807) is 42.6 Å². The van der Waals surface area contributed by atoms with Crippen molar-refractivity contribution in [3.8, 4) is 0 Å². The van der Waals surface area contributed by atoms with Crippen molar-refractivity contribution in [1.29, 1.82) is 0 Å². The first-order chi connectivity index (χ1) is 13.6. The number of aromatic nitrogens is 1. The number of quaternary nitrogens is 1. The maximum atomic E-state index is 12.6. The van der Waals surface area contributed by atoms with E-state index in [2.05, 4.69) is 16.7 Å². The molecular formula is C21H23N4O2S+. The van der Waals surface area contributed by atoms with Gasteiger partial charge < -0.3 is 15.5 Å². The molecule has 144 valence electrons. The number of rotatable bonds is 5. The summed E-state index contributed by atoms with van der Waals surface area (Å²) in [5.74, 6) is -0.214. The number of nitrogens with zero attached hydrogens (tertiary/aromatic N) is 1. The molecular weight excluding hydrogens is 372 g/mol. The molecule has 3 N–H and O–H groups in total. The highest BCUT2D eigenvalue weighted by Gasteiger charge is 2.34. The number of fused-ring (bicyclic) bond motifs is 1. The minimum absolute atomic E-state index is 0.0444. The molecule has 3 aromatic rings. The van der Waals surface area contributed by atoms with E-state index in [-0.39, 0.29) is 17.9 Å². The van der Waals surface area contributed by atoms with Crippen LogP contribution < -0.4 is 15.5 Å². The number of anilines is 1. The van der Waals surface area contributed by atoms with Crippen molar-refractivity contribution in [2.75, 3.05) is 25.5 Å². The van der Waals surface area contributed by atoms with Crippen LogP contribution in [0.2, 0.25) is 0 Å². The molecule has 0 radical (unpaired) electrons. The third kappa shape index (κ3) is 3.90. The molecule has 1 unspecified atom stereocenters. The molecule has 0 bridgehead atoms. The second-order valence-electron chi connectivity index (χ2n) is 7.01. The van der Waals surface area contributed by atoms with E-state index >= 15 is 0 Å². The fourth-order valence-corrected chi connectivity index (χ4v) is 4.92. The van der Waals surface area contributed by atoms with E-state index in [0.29, 0.717) is 17.8 Å². The van der Waals surface area contributed by atoms with Crippen LogP contribution in [0.25, 0.3) is 10.2 Å². The molecule has 6 nitrogen and oxygen atoms in total. The van der Waals surface area contributed by atoms with Gasteiger partial charge in [-0.1, -0.05) is 18.2 Å². The lowest BCUT2D eigenvalue weighted by molar-refractivity contribution is -0.910. The number of carbonyl (C=O) groups excluding carboxylic acids is 2. The number of amides is 2. The molecule has 2 atom stereocenters. The standard InChI is InChI=1S/C21H22N4O2S/c1-22-20(27)14-6-4-7-15(12-14)23-19(26)13-25-11-5-9-17(25)21-24-16-8-2-3-10-18(16)28-21/h2-4,6-8,10,12,17H,5,9,11,13H2,1H3,(H,22,27)(H,23,26)/p+1/t17-/m1/s1. The Kier molecular flexibility index (Phi) is 5.36. The van der Waals surface area contributed by atoms with Crippen molar-refractivity contribution in [2.45, 2.75) is 18.9 Å².